The molecule has 0 fully saturated rings. The van der Waals surface area contributed by atoms with Gasteiger partial charge in [-0.05, 0) is 6.42 Å². The van der Waals surface area contributed by atoms with E-state index in [1.807, 2.05) is 6.92 Å². The SMILES string of the molecule is CCCCCCCCC(B(O)O)C(N)CC. The number of hydrogen-bond donors (Lipinski definition) is 3. The summed E-state index contributed by atoms with van der Waals surface area (Å²) in [6.07, 6.45) is 8.99. The molecule has 0 amide bonds. The zero-order valence-corrected chi connectivity index (χ0v) is 10.9. The third-order valence-electron chi connectivity index (χ3n) is 3.30. The molecule has 2 unspecified atom stereocenters. The Morgan fingerprint density at radius 1 is 1.00 bits per heavy atom. The van der Waals surface area contributed by atoms with Crippen molar-refractivity contribution in [3.8, 4) is 0 Å². The lowest BCUT2D eigenvalue weighted by atomic mass is 9.65. The number of rotatable bonds is 10. The maximum Gasteiger partial charge on any atom is 0.456 e. The van der Waals surface area contributed by atoms with Gasteiger partial charge < -0.3 is 15.8 Å². The van der Waals surface area contributed by atoms with Crippen LogP contribution in [0.3, 0.4) is 0 Å². The van der Waals surface area contributed by atoms with Crippen molar-refractivity contribution in [3.63, 3.8) is 0 Å². The smallest absolute Gasteiger partial charge is 0.427 e. The van der Waals surface area contributed by atoms with Gasteiger partial charge in [0.1, 0.15) is 0 Å². The van der Waals surface area contributed by atoms with E-state index in [1.165, 1.54) is 32.1 Å². The zero-order valence-electron chi connectivity index (χ0n) is 10.9. The van der Waals surface area contributed by atoms with Crippen LogP contribution in [-0.2, 0) is 0 Å². The predicted molar refractivity (Wildman–Crippen MR) is 70.2 cm³/mol. The van der Waals surface area contributed by atoms with E-state index in [0.717, 1.165) is 19.3 Å². The Labute approximate surface area is 101 Å². The lowest BCUT2D eigenvalue weighted by Crippen LogP contribution is -2.35. The molecule has 0 bridgehead atoms. The molecule has 0 aliphatic rings. The summed E-state index contributed by atoms with van der Waals surface area (Å²) >= 11 is 0. The minimum absolute atomic E-state index is 0.0874. The summed E-state index contributed by atoms with van der Waals surface area (Å²) in [5, 5.41) is 18.5. The first-order chi connectivity index (χ1) is 7.63. The van der Waals surface area contributed by atoms with Crippen LogP contribution in [-0.4, -0.2) is 23.2 Å². The molecular formula is C12H28BNO2. The largest absolute Gasteiger partial charge is 0.456 e. The minimum atomic E-state index is -1.26. The Hall–Kier alpha value is -0.0551. The van der Waals surface area contributed by atoms with Crippen molar-refractivity contribution in [3.05, 3.63) is 0 Å². The Bertz CT molecular complexity index is 156. The summed E-state index contributed by atoms with van der Waals surface area (Å²) in [5.41, 5.74) is 5.86. The minimum Gasteiger partial charge on any atom is -0.427 e. The van der Waals surface area contributed by atoms with E-state index in [9.17, 15) is 10.0 Å². The average molecular weight is 229 g/mol. The molecule has 0 aliphatic carbocycles. The normalized spacial score (nSPS) is 14.8. The molecule has 4 N–H and O–H groups in total. The van der Waals surface area contributed by atoms with Crippen LogP contribution in [0.15, 0.2) is 0 Å². The van der Waals surface area contributed by atoms with Gasteiger partial charge in [0.05, 0.1) is 0 Å². The van der Waals surface area contributed by atoms with Gasteiger partial charge in [-0.3, -0.25) is 0 Å². The van der Waals surface area contributed by atoms with Crippen molar-refractivity contribution in [2.45, 2.75) is 77.1 Å². The molecule has 0 aromatic carbocycles. The molecule has 3 nitrogen and oxygen atoms in total. The quantitative estimate of drug-likeness (QED) is 0.398. The van der Waals surface area contributed by atoms with Gasteiger partial charge in [0.15, 0.2) is 0 Å². The van der Waals surface area contributed by atoms with Crippen LogP contribution >= 0.6 is 0 Å². The summed E-state index contributed by atoms with van der Waals surface area (Å²) < 4.78 is 0. The summed E-state index contributed by atoms with van der Waals surface area (Å²) in [5.74, 6) is -0.156. The highest BCUT2D eigenvalue weighted by Crippen LogP contribution is 2.22. The molecule has 0 heterocycles. The second-order valence-corrected chi connectivity index (χ2v) is 4.71. The van der Waals surface area contributed by atoms with E-state index >= 15 is 0 Å². The molecule has 96 valence electrons. The molecule has 0 saturated heterocycles. The fourth-order valence-corrected chi connectivity index (χ4v) is 2.05. The molecule has 0 aromatic rings. The molecule has 0 saturated carbocycles. The second kappa shape index (κ2) is 10.1. The fourth-order valence-electron chi connectivity index (χ4n) is 2.05. The van der Waals surface area contributed by atoms with E-state index in [4.69, 9.17) is 5.73 Å². The molecule has 2 atom stereocenters. The zero-order chi connectivity index (χ0) is 12.4. The number of nitrogens with two attached hydrogens (primary N) is 1. The first-order valence-corrected chi connectivity index (χ1v) is 6.75. The molecule has 4 heteroatoms. The molecule has 0 aromatic heterocycles. The molecule has 0 radical (unpaired) electrons. The van der Waals surface area contributed by atoms with Gasteiger partial charge >= 0.3 is 7.12 Å². The van der Waals surface area contributed by atoms with Crippen molar-refractivity contribution < 1.29 is 10.0 Å². The summed E-state index contributed by atoms with van der Waals surface area (Å²) in [4.78, 5) is 0. The van der Waals surface area contributed by atoms with Gasteiger partial charge in [0, 0.05) is 11.9 Å². The summed E-state index contributed by atoms with van der Waals surface area (Å²) in [6.45, 7) is 4.19. The Balaban J connectivity index is 3.61. The Morgan fingerprint density at radius 3 is 2.06 bits per heavy atom. The highest BCUT2D eigenvalue weighted by molar-refractivity contribution is 6.43. The van der Waals surface area contributed by atoms with Crippen LogP contribution in [0.2, 0.25) is 5.82 Å². The van der Waals surface area contributed by atoms with E-state index in [-0.39, 0.29) is 11.9 Å². The van der Waals surface area contributed by atoms with E-state index in [0.29, 0.717) is 0 Å². The highest BCUT2D eigenvalue weighted by atomic mass is 16.4. The van der Waals surface area contributed by atoms with Gasteiger partial charge in [-0.1, -0.05) is 58.8 Å². The first-order valence-electron chi connectivity index (χ1n) is 6.75. The van der Waals surface area contributed by atoms with Gasteiger partial charge in [-0.2, -0.15) is 0 Å². The first kappa shape index (κ1) is 15.9. The second-order valence-electron chi connectivity index (χ2n) is 4.71. The van der Waals surface area contributed by atoms with Gasteiger partial charge in [0.25, 0.3) is 0 Å². The maximum atomic E-state index is 9.23. The van der Waals surface area contributed by atoms with Gasteiger partial charge in [-0.25, -0.2) is 0 Å². The third-order valence-corrected chi connectivity index (χ3v) is 3.30. The third kappa shape index (κ3) is 7.26. The van der Waals surface area contributed by atoms with E-state index in [2.05, 4.69) is 6.92 Å². The number of unbranched alkanes of at least 4 members (excludes halogenated alkanes) is 5. The summed E-state index contributed by atoms with van der Waals surface area (Å²) in [6, 6.07) is -0.0874. The van der Waals surface area contributed by atoms with Crippen LogP contribution < -0.4 is 5.73 Å². The van der Waals surface area contributed by atoms with Crippen molar-refractivity contribution in [1.29, 1.82) is 0 Å². The Kier molecular flexibility index (Phi) is 10.1. The van der Waals surface area contributed by atoms with E-state index < -0.39 is 7.12 Å². The van der Waals surface area contributed by atoms with Crippen LogP contribution in [0.4, 0.5) is 0 Å². The fraction of sp³-hybridized carbons (Fsp3) is 1.00. The van der Waals surface area contributed by atoms with Crippen molar-refractivity contribution >= 4 is 7.12 Å². The lowest BCUT2D eigenvalue weighted by molar-refractivity contribution is 0.354. The average Bonchev–Trinajstić information content (AvgIpc) is 2.26. The lowest BCUT2D eigenvalue weighted by Gasteiger charge is -2.21. The summed E-state index contributed by atoms with van der Waals surface area (Å²) in [7, 11) is -1.26. The number of hydrogen-bond acceptors (Lipinski definition) is 3. The predicted octanol–water partition coefficient (Wildman–Crippen LogP) is 2.32. The highest BCUT2D eigenvalue weighted by Gasteiger charge is 2.27. The Morgan fingerprint density at radius 2 is 1.56 bits per heavy atom. The van der Waals surface area contributed by atoms with E-state index in [1.54, 1.807) is 0 Å². The molecular weight excluding hydrogens is 201 g/mol. The molecule has 0 rings (SSSR count). The van der Waals surface area contributed by atoms with Gasteiger partial charge in [-0.15, -0.1) is 0 Å². The monoisotopic (exact) mass is 229 g/mol. The van der Waals surface area contributed by atoms with Crippen molar-refractivity contribution in [2.75, 3.05) is 0 Å². The van der Waals surface area contributed by atoms with Crippen molar-refractivity contribution in [2.24, 2.45) is 5.73 Å². The van der Waals surface area contributed by atoms with Crippen molar-refractivity contribution in [1.82, 2.24) is 0 Å². The van der Waals surface area contributed by atoms with Crippen LogP contribution in [0.5, 0.6) is 0 Å². The topological polar surface area (TPSA) is 66.5 Å². The molecule has 16 heavy (non-hydrogen) atoms. The van der Waals surface area contributed by atoms with Crippen LogP contribution in [0.1, 0.15) is 65.2 Å². The van der Waals surface area contributed by atoms with Crippen LogP contribution in [0, 0.1) is 0 Å². The maximum absolute atomic E-state index is 9.23. The van der Waals surface area contributed by atoms with Crippen LogP contribution in [0.25, 0.3) is 0 Å². The molecule has 0 spiro atoms. The standard InChI is InChI=1S/C12H28BNO2/c1-3-5-6-7-8-9-10-11(13(15)16)12(14)4-2/h11-12,15-16H,3-10,14H2,1-2H3. The molecule has 0 aliphatic heterocycles. The van der Waals surface area contributed by atoms with Gasteiger partial charge in [0.2, 0.25) is 0 Å².